The Kier molecular flexibility index (Phi) is 3.96. The van der Waals surface area contributed by atoms with E-state index in [2.05, 4.69) is 5.32 Å². The average Bonchev–Trinajstić information content (AvgIpc) is 2.77. The third-order valence-corrected chi connectivity index (χ3v) is 4.00. The predicted octanol–water partition coefficient (Wildman–Crippen LogP) is 3.91. The number of carbonyl (C=O) groups is 1. The maximum absolute atomic E-state index is 12.6. The van der Waals surface area contributed by atoms with E-state index >= 15 is 0 Å². The van der Waals surface area contributed by atoms with Gasteiger partial charge in [0.25, 0.3) is 5.91 Å². The molecule has 0 unspecified atom stereocenters. The molecule has 1 fully saturated rings. The Morgan fingerprint density at radius 1 is 1.14 bits per heavy atom. The number of nitrogens with zero attached hydrogens (tertiary/aromatic N) is 1. The molecule has 3 rings (SSSR count). The fourth-order valence-corrected chi connectivity index (χ4v) is 2.70. The van der Waals surface area contributed by atoms with Gasteiger partial charge >= 0.3 is 0 Å². The van der Waals surface area contributed by atoms with Gasteiger partial charge in [0.05, 0.1) is 5.69 Å². The van der Waals surface area contributed by atoms with E-state index in [0.717, 1.165) is 16.8 Å². The topological polar surface area (TPSA) is 32.3 Å². The minimum atomic E-state index is -0.186. The average molecular weight is 329 g/mol. The number of benzene rings is 2. The molecule has 1 amide bonds. The zero-order valence-corrected chi connectivity index (χ0v) is 13.4. The number of hydrogen-bond donors (Lipinski definition) is 1. The molecule has 0 aromatic heterocycles. The van der Waals surface area contributed by atoms with E-state index < -0.39 is 0 Å². The van der Waals surface area contributed by atoms with Gasteiger partial charge in [-0.1, -0.05) is 47.5 Å². The number of aryl methyl sites for hydroxylation is 1. The Labute approximate surface area is 139 Å². The van der Waals surface area contributed by atoms with E-state index in [0.29, 0.717) is 15.8 Å². The second kappa shape index (κ2) is 5.91. The molecule has 0 atom stereocenters. The molecule has 0 aliphatic carbocycles. The summed E-state index contributed by atoms with van der Waals surface area (Å²) in [4.78, 5) is 14.1. The molecule has 1 aliphatic rings. The van der Waals surface area contributed by atoms with E-state index in [1.807, 2.05) is 49.4 Å². The molecule has 2 aromatic carbocycles. The Hall–Kier alpha value is -2.17. The number of nitrogens with one attached hydrogen (secondary N) is 1. The van der Waals surface area contributed by atoms with Gasteiger partial charge in [0.2, 0.25) is 0 Å². The van der Waals surface area contributed by atoms with Gasteiger partial charge in [0.15, 0.2) is 5.11 Å². The molecular formula is C17H13ClN2OS. The van der Waals surface area contributed by atoms with Crippen LogP contribution < -0.4 is 10.2 Å². The molecule has 0 bridgehead atoms. The summed E-state index contributed by atoms with van der Waals surface area (Å²) in [5.41, 5.74) is 3.06. The van der Waals surface area contributed by atoms with Gasteiger partial charge < -0.3 is 5.32 Å². The van der Waals surface area contributed by atoms with Crippen LogP contribution in [0.1, 0.15) is 11.1 Å². The first-order valence-electron chi connectivity index (χ1n) is 6.74. The van der Waals surface area contributed by atoms with Crippen molar-refractivity contribution in [2.45, 2.75) is 6.92 Å². The van der Waals surface area contributed by atoms with Crippen LogP contribution in [0.15, 0.2) is 54.2 Å². The smallest absolute Gasteiger partial charge is 0.281 e. The van der Waals surface area contributed by atoms with Crippen LogP contribution in [0.5, 0.6) is 0 Å². The highest BCUT2D eigenvalue weighted by molar-refractivity contribution is 7.80. The normalized spacial score (nSPS) is 16.3. The van der Waals surface area contributed by atoms with Gasteiger partial charge in [-0.05, 0) is 49.0 Å². The summed E-state index contributed by atoms with van der Waals surface area (Å²) in [5, 5.41) is 3.91. The van der Waals surface area contributed by atoms with E-state index in [9.17, 15) is 4.79 Å². The van der Waals surface area contributed by atoms with Crippen molar-refractivity contribution >= 4 is 46.6 Å². The standard InChI is InChI=1S/C17H13ClN2OS/c1-11-6-8-13(9-7-11)20-16(21)15(19-17(20)22)10-12-4-2-3-5-14(12)18/h2-10H,1H3,(H,19,22)/b15-10-. The lowest BCUT2D eigenvalue weighted by Crippen LogP contribution is -2.30. The van der Waals surface area contributed by atoms with Crippen LogP contribution in [0, 0.1) is 6.92 Å². The molecule has 0 spiro atoms. The monoisotopic (exact) mass is 328 g/mol. The van der Waals surface area contributed by atoms with E-state index in [4.69, 9.17) is 23.8 Å². The molecule has 0 saturated carbocycles. The van der Waals surface area contributed by atoms with Crippen molar-refractivity contribution in [3.63, 3.8) is 0 Å². The summed E-state index contributed by atoms with van der Waals surface area (Å²) in [6.07, 6.45) is 1.71. The van der Waals surface area contributed by atoms with Crippen molar-refractivity contribution in [2.75, 3.05) is 4.90 Å². The Morgan fingerprint density at radius 2 is 1.82 bits per heavy atom. The lowest BCUT2D eigenvalue weighted by Gasteiger charge is -2.13. The Balaban J connectivity index is 1.95. The van der Waals surface area contributed by atoms with Crippen molar-refractivity contribution in [3.05, 3.63) is 70.4 Å². The van der Waals surface area contributed by atoms with Crippen molar-refractivity contribution in [3.8, 4) is 0 Å². The fourth-order valence-electron chi connectivity index (χ4n) is 2.21. The second-order valence-corrected chi connectivity index (χ2v) is 5.78. The van der Waals surface area contributed by atoms with Crippen LogP contribution in [-0.4, -0.2) is 11.0 Å². The van der Waals surface area contributed by atoms with Crippen molar-refractivity contribution in [1.29, 1.82) is 0 Å². The minimum Gasteiger partial charge on any atom is -0.327 e. The Morgan fingerprint density at radius 3 is 2.50 bits per heavy atom. The number of anilines is 1. The van der Waals surface area contributed by atoms with Gasteiger partial charge in [-0.2, -0.15) is 0 Å². The van der Waals surface area contributed by atoms with Crippen LogP contribution >= 0.6 is 23.8 Å². The largest absolute Gasteiger partial charge is 0.327 e. The first-order chi connectivity index (χ1) is 10.6. The highest BCUT2D eigenvalue weighted by Crippen LogP contribution is 2.24. The molecule has 1 saturated heterocycles. The summed E-state index contributed by atoms with van der Waals surface area (Å²) in [5.74, 6) is -0.186. The lowest BCUT2D eigenvalue weighted by atomic mass is 10.2. The first kappa shape index (κ1) is 14.8. The van der Waals surface area contributed by atoms with Crippen LogP contribution in [-0.2, 0) is 4.79 Å². The van der Waals surface area contributed by atoms with Gasteiger partial charge in [0, 0.05) is 5.02 Å². The third kappa shape index (κ3) is 2.75. The molecule has 110 valence electrons. The zero-order chi connectivity index (χ0) is 15.7. The lowest BCUT2D eigenvalue weighted by molar-refractivity contribution is -0.113. The van der Waals surface area contributed by atoms with Crippen LogP contribution in [0.4, 0.5) is 5.69 Å². The third-order valence-electron chi connectivity index (χ3n) is 3.38. The van der Waals surface area contributed by atoms with E-state index in [-0.39, 0.29) is 5.91 Å². The van der Waals surface area contributed by atoms with Gasteiger partial charge in [-0.25, -0.2) is 0 Å². The number of rotatable bonds is 2. The number of thiocarbonyl (C=S) groups is 1. The second-order valence-electron chi connectivity index (χ2n) is 4.99. The van der Waals surface area contributed by atoms with E-state index in [1.165, 1.54) is 4.90 Å². The van der Waals surface area contributed by atoms with Gasteiger partial charge in [-0.3, -0.25) is 9.69 Å². The quantitative estimate of drug-likeness (QED) is 0.670. The molecule has 1 N–H and O–H groups in total. The molecule has 3 nitrogen and oxygen atoms in total. The highest BCUT2D eigenvalue weighted by Gasteiger charge is 2.31. The summed E-state index contributed by atoms with van der Waals surface area (Å²) >= 11 is 11.4. The number of halogens is 1. The SMILES string of the molecule is Cc1ccc(N2C(=O)/C(=C/c3ccccc3Cl)NC2=S)cc1. The maximum Gasteiger partial charge on any atom is 0.281 e. The van der Waals surface area contributed by atoms with Crippen LogP contribution in [0.25, 0.3) is 6.08 Å². The first-order valence-corrected chi connectivity index (χ1v) is 7.53. The zero-order valence-electron chi connectivity index (χ0n) is 11.8. The van der Waals surface area contributed by atoms with Gasteiger partial charge in [0.1, 0.15) is 5.70 Å². The molecule has 1 aliphatic heterocycles. The highest BCUT2D eigenvalue weighted by atomic mass is 35.5. The fraction of sp³-hybridized carbons (Fsp3) is 0.0588. The maximum atomic E-state index is 12.6. The molecule has 5 heteroatoms. The summed E-state index contributed by atoms with van der Waals surface area (Å²) < 4.78 is 0. The summed E-state index contributed by atoms with van der Waals surface area (Å²) in [7, 11) is 0. The van der Waals surface area contributed by atoms with Crippen molar-refractivity contribution < 1.29 is 4.79 Å². The number of carbonyl (C=O) groups excluding carboxylic acids is 1. The minimum absolute atomic E-state index is 0.186. The predicted molar refractivity (Wildman–Crippen MR) is 93.8 cm³/mol. The van der Waals surface area contributed by atoms with Crippen LogP contribution in [0.2, 0.25) is 5.02 Å². The molecule has 22 heavy (non-hydrogen) atoms. The molecule has 2 aromatic rings. The van der Waals surface area contributed by atoms with E-state index in [1.54, 1.807) is 12.1 Å². The molecule has 1 heterocycles. The Bertz CT molecular complexity index is 784. The summed E-state index contributed by atoms with van der Waals surface area (Å²) in [6, 6.07) is 15.0. The summed E-state index contributed by atoms with van der Waals surface area (Å²) in [6.45, 7) is 1.99. The van der Waals surface area contributed by atoms with Crippen molar-refractivity contribution in [2.24, 2.45) is 0 Å². The molecular weight excluding hydrogens is 316 g/mol. The molecule has 0 radical (unpaired) electrons. The van der Waals surface area contributed by atoms with Crippen molar-refractivity contribution in [1.82, 2.24) is 5.32 Å². The van der Waals surface area contributed by atoms with Crippen LogP contribution in [0.3, 0.4) is 0 Å². The van der Waals surface area contributed by atoms with Gasteiger partial charge in [-0.15, -0.1) is 0 Å². The number of amides is 1. The number of hydrogen-bond acceptors (Lipinski definition) is 2.